The van der Waals surface area contributed by atoms with Gasteiger partial charge in [-0.15, -0.1) is 0 Å². The number of rotatable bonds is 4. The molecular weight excluding hydrogens is 388 g/mol. The molecular formula is C25H30N4O2. The predicted octanol–water partition coefficient (Wildman–Crippen LogP) is 3.08. The van der Waals surface area contributed by atoms with Crippen molar-refractivity contribution < 1.29 is 9.59 Å². The highest BCUT2D eigenvalue weighted by atomic mass is 16.2. The average molecular weight is 419 g/mol. The molecule has 2 aliphatic heterocycles. The molecule has 2 aromatic carbocycles. The molecule has 0 bridgehead atoms. The quantitative estimate of drug-likeness (QED) is 0.829. The monoisotopic (exact) mass is 418 g/mol. The summed E-state index contributed by atoms with van der Waals surface area (Å²) in [6.07, 6.45) is 1.93. The maximum atomic E-state index is 13.1. The standard InChI is InChI=1S/C25H30N4O2/c1-18-8-9-21(20(3)16-18)17-27-12-14-28(15-13-27)25(31)22-10-11-24(30)29(26-22)23-7-5-4-6-19(23)2/h4-10,16,26H,11-15,17H2,1-3H3. The lowest BCUT2D eigenvalue weighted by Gasteiger charge is -2.37. The van der Waals surface area contributed by atoms with Crippen molar-refractivity contribution in [2.75, 3.05) is 31.2 Å². The van der Waals surface area contributed by atoms with Gasteiger partial charge in [0, 0.05) is 39.1 Å². The van der Waals surface area contributed by atoms with Gasteiger partial charge in [-0.1, -0.05) is 42.0 Å². The SMILES string of the molecule is Cc1ccc(CN2CCN(C(=O)C3=CCC(=O)N(c4ccccc4C)N3)CC2)c(C)c1. The first kappa shape index (κ1) is 21.1. The van der Waals surface area contributed by atoms with Gasteiger partial charge in [-0.05, 0) is 49.6 Å². The van der Waals surface area contributed by atoms with Gasteiger partial charge in [0.2, 0.25) is 5.91 Å². The number of anilines is 1. The summed E-state index contributed by atoms with van der Waals surface area (Å²) in [7, 11) is 0. The molecule has 1 fully saturated rings. The van der Waals surface area contributed by atoms with Gasteiger partial charge < -0.3 is 4.90 Å². The Bertz CT molecular complexity index is 1020. The molecule has 2 amide bonds. The lowest BCUT2D eigenvalue weighted by Crippen LogP contribution is -2.53. The Morgan fingerprint density at radius 1 is 0.968 bits per heavy atom. The topological polar surface area (TPSA) is 55.9 Å². The minimum atomic E-state index is -0.0656. The number of hydrogen-bond acceptors (Lipinski definition) is 4. The number of hydrazine groups is 1. The number of carbonyl (C=O) groups excluding carboxylic acids is 2. The summed E-state index contributed by atoms with van der Waals surface area (Å²) in [5.74, 6) is -0.110. The largest absolute Gasteiger partial charge is 0.335 e. The zero-order valence-electron chi connectivity index (χ0n) is 18.5. The van der Waals surface area contributed by atoms with Gasteiger partial charge in [0.05, 0.1) is 5.69 Å². The van der Waals surface area contributed by atoms with E-state index in [1.54, 1.807) is 6.08 Å². The summed E-state index contributed by atoms with van der Waals surface area (Å²) >= 11 is 0. The summed E-state index contributed by atoms with van der Waals surface area (Å²) in [6.45, 7) is 10.2. The van der Waals surface area contributed by atoms with E-state index in [4.69, 9.17) is 0 Å². The zero-order chi connectivity index (χ0) is 22.0. The molecule has 2 aliphatic rings. The minimum Gasteiger partial charge on any atom is -0.335 e. The van der Waals surface area contributed by atoms with E-state index in [-0.39, 0.29) is 18.2 Å². The van der Waals surface area contributed by atoms with Crippen molar-refractivity contribution in [3.05, 3.63) is 76.5 Å². The van der Waals surface area contributed by atoms with E-state index in [2.05, 4.69) is 42.4 Å². The van der Waals surface area contributed by atoms with Crippen LogP contribution in [0.2, 0.25) is 0 Å². The van der Waals surface area contributed by atoms with Crippen LogP contribution in [0, 0.1) is 20.8 Å². The van der Waals surface area contributed by atoms with Crippen molar-refractivity contribution in [2.45, 2.75) is 33.7 Å². The van der Waals surface area contributed by atoms with E-state index in [0.717, 1.165) is 30.9 Å². The van der Waals surface area contributed by atoms with Crippen LogP contribution in [0.4, 0.5) is 5.69 Å². The van der Waals surface area contributed by atoms with Gasteiger partial charge in [-0.3, -0.25) is 19.9 Å². The third kappa shape index (κ3) is 4.64. The molecule has 162 valence electrons. The van der Waals surface area contributed by atoms with Crippen LogP contribution in [-0.4, -0.2) is 47.8 Å². The minimum absolute atomic E-state index is 0.0442. The highest BCUT2D eigenvalue weighted by Crippen LogP contribution is 2.22. The van der Waals surface area contributed by atoms with Crippen LogP contribution in [0.25, 0.3) is 0 Å². The molecule has 0 radical (unpaired) electrons. The highest BCUT2D eigenvalue weighted by Gasteiger charge is 2.29. The lowest BCUT2D eigenvalue weighted by molar-refractivity contribution is -0.129. The molecule has 0 atom stereocenters. The van der Waals surface area contributed by atoms with Gasteiger partial charge >= 0.3 is 0 Å². The van der Waals surface area contributed by atoms with E-state index < -0.39 is 0 Å². The Balaban J connectivity index is 1.37. The van der Waals surface area contributed by atoms with Crippen LogP contribution in [0.5, 0.6) is 0 Å². The number of nitrogens with zero attached hydrogens (tertiary/aromatic N) is 3. The van der Waals surface area contributed by atoms with Crippen LogP contribution in [-0.2, 0) is 16.1 Å². The molecule has 2 heterocycles. The van der Waals surface area contributed by atoms with Crippen molar-refractivity contribution in [2.24, 2.45) is 0 Å². The molecule has 31 heavy (non-hydrogen) atoms. The van der Waals surface area contributed by atoms with E-state index in [9.17, 15) is 9.59 Å². The number of hydrogen-bond donors (Lipinski definition) is 1. The Morgan fingerprint density at radius 2 is 1.71 bits per heavy atom. The van der Waals surface area contributed by atoms with E-state index in [0.29, 0.717) is 18.8 Å². The first-order chi connectivity index (χ1) is 14.9. The molecule has 6 nitrogen and oxygen atoms in total. The summed E-state index contributed by atoms with van der Waals surface area (Å²) < 4.78 is 0. The number of carbonyl (C=O) groups is 2. The molecule has 0 unspecified atom stereocenters. The van der Waals surface area contributed by atoms with Gasteiger partial charge in [-0.2, -0.15) is 0 Å². The van der Waals surface area contributed by atoms with Crippen molar-refractivity contribution in [3.8, 4) is 0 Å². The van der Waals surface area contributed by atoms with Crippen molar-refractivity contribution in [1.29, 1.82) is 0 Å². The Morgan fingerprint density at radius 3 is 2.42 bits per heavy atom. The molecule has 2 aromatic rings. The zero-order valence-corrected chi connectivity index (χ0v) is 18.5. The summed E-state index contributed by atoms with van der Waals surface area (Å²) in [5, 5.41) is 1.50. The molecule has 4 rings (SSSR count). The Labute approximate surface area is 184 Å². The van der Waals surface area contributed by atoms with Crippen molar-refractivity contribution in [1.82, 2.24) is 15.2 Å². The molecule has 0 aromatic heterocycles. The lowest BCUT2D eigenvalue weighted by atomic mass is 10.1. The molecule has 6 heteroatoms. The number of amides is 2. The summed E-state index contributed by atoms with van der Waals surface area (Å²) in [5.41, 5.74) is 9.24. The first-order valence-electron chi connectivity index (χ1n) is 10.9. The molecule has 0 spiro atoms. The molecule has 0 aliphatic carbocycles. The Kier molecular flexibility index (Phi) is 6.09. The van der Waals surface area contributed by atoms with E-state index in [1.807, 2.05) is 36.1 Å². The molecule has 0 saturated carbocycles. The highest BCUT2D eigenvalue weighted by molar-refractivity contribution is 6.01. The third-order valence-electron chi connectivity index (χ3n) is 6.10. The van der Waals surface area contributed by atoms with Gasteiger partial charge in [0.1, 0.15) is 5.70 Å². The van der Waals surface area contributed by atoms with Gasteiger partial charge in [0.25, 0.3) is 5.91 Å². The fourth-order valence-electron chi connectivity index (χ4n) is 4.20. The Hall–Kier alpha value is -3.12. The number of aryl methyl sites for hydroxylation is 3. The summed E-state index contributed by atoms with van der Waals surface area (Å²) in [4.78, 5) is 29.8. The second kappa shape index (κ2) is 8.94. The van der Waals surface area contributed by atoms with Gasteiger partial charge in [-0.25, -0.2) is 5.01 Å². The summed E-state index contributed by atoms with van der Waals surface area (Å²) in [6, 6.07) is 14.3. The van der Waals surface area contributed by atoms with Crippen LogP contribution < -0.4 is 10.4 Å². The van der Waals surface area contributed by atoms with Crippen LogP contribution >= 0.6 is 0 Å². The average Bonchev–Trinajstić information content (AvgIpc) is 2.77. The second-order valence-electron chi connectivity index (χ2n) is 8.45. The molecule has 1 N–H and O–H groups in total. The van der Waals surface area contributed by atoms with E-state index in [1.165, 1.54) is 21.7 Å². The second-order valence-corrected chi connectivity index (χ2v) is 8.45. The van der Waals surface area contributed by atoms with Gasteiger partial charge in [0.15, 0.2) is 0 Å². The van der Waals surface area contributed by atoms with E-state index >= 15 is 0 Å². The van der Waals surface area contributed by atoms with Crippen LogP contribution in [0.3, 0.4) is 0 Å². The number of nitrogens with one attached hydrogen (secondary N) is 1. The smallest absolute Gasteiger partial charge is 0.271 e. The number of para-hydroxylation sites is 1. The van der Waals surface area contributed by atoms with Crippen LogP contribution in [0.15, 0.2) is 54.2 Å². The first-order valence-corrected chi connectivity index (χ1v) is 10.9. The third-order valence-corrected chi connectivity index (χ3v) is 6.10. The van der Waals surface area contributed by atoms with Crippen molar-refractivity contribution >= 4 is 17.5 Å². The molecule has 1 saturated heterocycles. The predicted molar refractivity (Wildman–Crippen MR) is 122 cm³/mol. The maximum Gasteiger partial charge on any atom is 0.271 e. The maximum absolute atomic E-state index is 13.1. The fraction of sp³-hybridized carbons (Fsp3) is 0.360. The van der Waals surface area contributed by atoms with Crippen LogP contribution in [0.1, 0.15) is 28.7 Å². The fourth-order valence-corrected chi connectivity index (χ4v) is 4.20. The van der Waals surface area contributed by atoms with Crippen molar-refractivity contribution in [3.63, 3.8) is 0 Å². The number of benzene rings is 2. The normalized spacial score (nSPS) is 17.4. The number of piperazine rings is 1.